The van der Waals surface area contributed by atoms with E-state index in [4.69, 9.17) is 17.0 Å². The molecule has 0 spiro atoms. The zero-order chi connectivity index (χ0) is 12.5. The maximum absolute atomic E-state index is 12.0. The number of ether oxygens (including phenoxy) is 1. The number of carbonyl (C=O) groups is 1. The molecular weight excluding hydrogens is 248 g/mol. The topological polar surface area (TPSA) is 41.6 Å². The number of benzene rings is 1. The number of nitrogens with one attached hydrogen (secondary N) is 1. The Morgan fingerprint density at radius 2 is 2.17 bits per heavy atom. The van der Waals surface area contributed by atoms with Crippen LogP contribution in [0.15, 0.2) is 30.3 Å². The molecule has 2 heterocycles. The molecule has 2 aliphatic heterocycles. The van der Waals surface area contributed by atoms with Crippen molar-refractivity contribution >= 4 is 23.2 Å². The van der Waals surface area contributed by atoms with Crippen molar-refractivity contribution in [1.29, 1.82) is 0 Å². The van der Waals surface area contributed by atoms with Crippen LogP contribution in [0.2, 0.25) is 0 Å². The van der Waals surface area contributed by atoms with Crippen molar-refractivity contribution in [2.75, 3.05) is 13.2 Å². The fraction of sp³-hybridized carbons (Fsp3) is 0.385. The molecule has 2 saturated heterocycles. The van der Waals surface area contributed by atoms with Gasteiger partial charge < -0.3 is 9.64 Å². The molecule has 1 amide bonds. The summed E-state index contributed by atoms with van der Waals surface area (Å²) in [7, 11) is 0. The summed E-state index contributed by atoms with van der Waals surface area (Å²) in [4.78, 5) is 14.0. The van der Waals surface area contributed by atoms with E-state index < -0.39 is 0 Å². The summed E-state index contributed by atoms with van der Waals surface area (Å²) in [6, 6.07) is 9.44. The first-order chi connectivity index (χ1) is 8.74. The fourth-order valence-electron chi connectivity index (χ4n) is 2.48. The summed E-state index contributed by atoms with van der Waals surface area (Å²) in [6.07, 6.45) is 1.29. The number of hydrogen-bond acceptors (Lipinski definition) is 3. The monoisotopic (exact) mass is 262 g/mol. The van der Waals surface area contributed by atoms with Crippen LogP contribution in [0.5, 0.6) is 0 Å². The van der Waals surface area contributed by atoms with Gasteiger partial charge >= 0.3 is 0 Å². The van der Waals surface area contributed by atoms with E-state index in [0.29, 0.717) is 23.3 Å². The third-order valence-electron chi connectivity index (χ3n) is 3.42. The van der Waals surface area contributed by atoms with Crippen LogP contribution in [0.3, 0.4) is 0 Å². The van der Waals surface area contributed by atoms with E-state index in [1.54, 1.807) is 12.1 Å². The lowest BCUT2D eigenvalue weighted by Gasteiger charge is -2.29. The molecular formula is C13H14N2O2S. The van der Waals surface area contributed by atoms with Crippen LogP contribution in [0.25, 0.3) is 0 Å². The average Bonchev–Trinajstić information content (AvgIpc) is 3.02. The van der Waals surface area contributed by atoms with Gasteiger partial charge in [-0.15, -0.1) is 0 Å². The van der Waals surface area contributed by atoms with Crippen LogP contribution in [-0.4, -0.2) is 41.2 Å². The van der Waals surface area contributed by atoms with Crippen LogP contribution in [0.4, 0.5) is 0 Å². The Balaban J connectivity index is 1.63. The van der Waals surface area contributed by atoms with Crippen molar-refractivity contribution in [2.45, 2.75) is 18.6 Å². The molecule has 0 radical (unpaired) electrons. The maximum Gasteiger partial charge on any atom is 0.257 e. The molecule has 0 aliphatic carbocycles. The zero-order valence-corrected chi connectivity index (χ0v) is 10.7. The van der Waals surface area contributed by atoms with E-state index in [2.05, 4.69) is 10.2 Å². The summed E-state index contributed by atoms with van der Waals surface area (Å²) < 4.78 is 5.51. The Kier molecular flexibility index (Phi) is 3.01. The van der Waals surface area contributed by atoms with Crippen LogP contribution in [0.1, 0.15) is 16.8 Å². The third-order valence-corrected chi connectivity index (χ3v) is 3.75. The zero-order valence-electron chi connectivity index (χ0n) is 9.83. The van der Waals surface area contributed by atoms with E-state index in [9.17, 15) is 4.79 Å². The first-order valence-corrected chi connectivity index (χ1v) is 6.43. The second kappa shape index (κ2) is 4.66. The molecule has 2 fully saturated rings. The van der Waals surface area contributed by atoms with E-state index in [1.807, 2.05) is 18.2 Å². The molecule has 18 heavy (non-hydrogen) atoms. The lowest BCUT2D eigenvalue weighted by molar-refractivity contribution is 0.0560. The van der Waals surface area contributed by atoms with Gasteiger partial charge in [-0.05, 0) is 30.8 Å². The summed E-state index contributed by atoms with van der Waals surface area (Å²) in [5, 5.41) is 3.30. The highest BCUT2D eigenvalue weighted by molar-refractivity contribution is 7.80. The second-order valence-electron chi connectivity index (χ2n) is 4.62. The minimum Gasteiger partial charge on any atom is -0.374 e. The van der Waals surface area contributed by atoms with E-state index in [-0.39, 0.29) is 12.0 Å². The molecule has 94 valence electrons. The number of carbonyl (C=O) groups excluding carboxylic acids is 1. The summed E-state index contributed by atoms with van der Waals surface area (Å²) in [5.41, 5.74) is 0.625. The van der Waals surface area contributed by atoms with Crippen LogP contribution in [0, 0.1) is 0 Å². The SMILES string of the molecule is O=C(NC(=S)N1C[C@@H]2C[C@@H]1CO2)c1ccccc1. The van der Waals surface area contributed by atoms with E-state index in [0.717, 1.165) is 13.0 Å². The molecule has 2 atom stereocenters. The number of nitrogens with zero attached hydrogens (tertiary/aromatic N) is 1. The number of thiocarbonyl (C=S) groups is 1. The van der Waals surface area contributed by atoms with Crippen LogP contribution >= 0.6 is 12.2 Å². The van der Waals surface area contributed by atoms with Crippen LogP contribution in [-0.2, 0) is 4.74 Å². The Hall–Kier alpha value is -1.46. The predicted molar refractivity (Wildman–Crippen MR) is 71.4 cm³/mol. The number of fused-ring (bicyclic) bond motifs is 2. The number of likely N-dealkylation sites (tertiary alicyclic amines) is 1. The van der Waals surface area contributed by atoms with Gasteiger partial charge in [-0.1, -0.05) is 18.2 Å². The van der Waals surface area contributed by atoms with Crippen molar-refractivity contribution in [2.24, 2.45) is 0 Å². The third kappa shape index (κ3) is 2.11. The highest BCUT2D eigenvalue weighted by Gasteiger charge is 2.40. The number of hydrogen-bond donors (Lipinski definition) is 1. The molecule has 4 nitrogen and oxygen atoms in total. The van der Waals surface area contributed by atoms with Gasteiger partial charge in [0.15, 0.2) is 5.11 Å². The number of amides is 1. The maximum atomic E-state index is 12.0. The van der Waals surface area contributed by atoms with Gasteiger partial charge in [-0.25, -0.2) is 0 Å². The van der Waals surface area contributed by atoms with Crippen molar-refractivity contribution < 1.29 is 9.53 Å². The summed E-state index contributed by atoms with van der Waals surface area (Å²) in [6.45, 7) is 1.50. The largest absolute Gasteiger partial charge is 0.374 e. The van der Waals surface area contributed by atoms with Gasteiger partial charge in [0.25, 0.3) is 5.91 Å². The molecule has 5 heteroatoms. The minimum atomic E-state index is -0.149. The first-order valence-electron chi connectivity index (χ1n) is 6.02. The Morgan fingerprint density at radius 1 is 1.39 bits per heavy atom. The molecule has 1 aromatic rings. The van der Waals surface area contributed by atoms with Crippen molar-refractivity contribution in [3.05, 3.63) is 35.9 Å². The fourth-order valence-corrected chi connectivity index (χ4v) is 2.80. The van der Waals surface area contributed by atoms with Crippen molar-refractivity contribution in [3.8, 4) is 0 Å². The van der Waals surface area contributed by atoms with Crippen molar-refractivity contribution in [1.82, 2.24) is 10.2 Å². The van der Waals surface area contributed by atoms with E-state index >= 15 is 0 Å². The smallest absolute Gasteiger partial charge is 0.257 e. The average molecular weight is 262 g/mol. The van der Waals surface area contributed by atoms with Gasteiger partial charge in [0.05, 0.1) is 18.8 Å². The molecule has 2 bridgehead atoms. The molecule has 1 aromatic carbocycles. The van der Waals surface area contributed by atoms with Crippen LogP contribution < -0.4 is 5.32 Å². The lowest BCUT2D eigenvalue weighted by atomic mass is 10.2. The highest BCUT2D eigenvalue weighted by atomic mass is 32.1. The molecule has 0 unspecified atom stereocenters. The Morgan fingerprint density at radius 3 is 2.78 bits per heavy atom. The first kappa shape index (κ1) is 11.6. The lowest BCUT2D eigenvalue weighted by Crippen LogP contribution is -2.48. The molecule has 0 saturated carbocycles. The second-order valence-corrected chi connectivity index (χ2v) is 5.01. The minimum absolute atomic E-state index is 0.149. The van der Waals surface area contributed by atoms with E-state index in [1.165, 1.54) is 0 Å². The molecule has 2 aliphatic rings. The highest BCUT2D eigenvalue weighted by Crippen LogP contribution is 2.27. The standard InChI is InChI=1S/C13H14N2O2S/c16-12(9-4-2-1-3-5-9)14-13(18)15-7-11-6-10(15)8-17-11/h1-5,10-11H,6-8H2,(H,14,16,18)/t10-,11+/m1/s1. The summed E-state index contributed by atoms with van der Waals surface area (Å²) >= 11 is 5.29. The Labute approximate surface area is 111 Å². The molecule has 1 N–H and O–H groups in total. The summed E-state index contributed by atoms with van der Waals surface area (Å²) in [5.74, 6) is -0.149. The van der Waals surface area contributed by atoms with Gasteiger partial charge in [0.1, 0.15) is 0 Å². The van der Waals surface area contributed by atoms with Gasteiger partial charge in [0.2, 0.25) is 0 Å². The predicted octanol–water partition coefficient (Wildman–Crippen LogP) is 1.17. The number of morpholine rings is 1. The number of rotatable bonds is 1. The Bertz CT molecular complexity index is 477. The van der Waals surface area contributed by atoms with Crippen molar-refractivity contribution in [3.63, 3.8) is 0 Å². The van der Waals surface area contributed by atoms with Gasteiger partial charge in [-0.3, -0.25) is 10.1 Å². The molecule has 0 aromatic heterocycles. The normalized spacial score (nSPS) is 25.2. The van der Waals surface area contributed by atoms with Gasteiger partial charge in [0, 0.05) is 12.1 Å². The quantitative estimate of drug-likeness (QED) is 0.772. The molecule has 3 rings (SSSR count). The van der Waals surface area contributed by atoms with Gasteiger partial charge in [-0.2, -0.15) is 0 Å².